The number of nitrogens with zero attached hydrogens (tertiary/aromatic N) is 3. The summed E-state index contributed by atoms with van der Waals surface area (Å²) in [6.07, 6.45) is 8.46. The van der Waals surface area contributed by atoms with Gasteiger partial charge in [0.25, 0.3) is 0 Å². The van der Waals surface area contributed by atoms with E-state index in [0.29, 0.717) is 24.3 Å². The van der Waals surface area contributed by atoms with Gasteiger partial charge in [-0.2, -0.15) is 9.98 Å². The van der Waals surface area contributed by atoms with Crippen LogP contribution in [0.15, 0.2) is 63.5 Å². The number of para-hydroxylation sites is 2. The van der Waals surface area contributed by atoms with E-state index in [2.05, 4.69) is 21.9 Å². The highest BCUT2D eigenvalue weighted by molar-refractivity contribution is 5.59. The van der Waals surface area contributed by atoms with E-state index in [9.17, 15) is 14.4 Å². The minimum atomic E-state index is 0.530. The molecular weight excluding hydrogens is 342 g/mol. The van der Waals surface area contributed by atoms with Gasteiger partial charge in [-0.25, -0.2) is 19.4 Å². The molecular formula is C21H21N3O3. The fraction of sp³-hybridized carbons (Fsp3) is 0.286. The van der Waals surface area contributed by atoms with Gasteiger partial charge in [0.15, 0.2) is 0 Å². The van der Waals surface area contributed by atoms with Crippen molar-refractivity contribution in [2.24, 2.45) is 15.0 Å². The maximum Gasteiger partial charge on any atom is 0.240 e. The molecule has 0 spiro atoms. The van der Waals surface area contributed by atoms with Crippen LogP contribution in [0.1, 0.15) is 37.3 Å². The number of aliphatic imine (C=N–C) groups is 3. The predicted molar refractivity (Wildman–Crippen MR) is 104 cm³/mol. The first-order valence-corrected chi connectivity index (χ1v) is 8.62. The number of rotatable bonds is 8. The molecule has 0 aliphatic heterocycles. The molecule has 0 aromatic heterocycles. The normalized spacial score (nSPS) is 8.93. The molecule has 0 N–H and O–H groups in total. The number of hydrogen-bond acceptors (Lipinski definition) is 6. The van der Waals surface area contributed by atoms with Crippen LogP contribution in [0, 0.1) is 0 Å². The van der Waals surface area contributed by atoms with Gasteiger partial charge in [0.05, 0.1) is 17.9 Å². The predicted octanol–water partition coefficient (Wildman–Crippen LogP) is 4.72. The molecule has 0 atom stereocenters. The van der Waals surface area contributed by atoms with Gasteiger partial charge in [-0.1, -0.05) is 56.2 Å². The van der Waals surface area contributed by atoms with E-state index in [1.54, 1.807) is 24.3 Å². The van der Waals surface area contributed by atoms with Crippen molar-refractivity contribution in [1.82, 2.24) is 0 Å². The SMILES string of the molecule is CCCCCN=C=O.O=C=Nc1ccccc1Cc1ccccc1N=C=O. The Labute approximate surface area is 158 Å². The molecule has 2 aromatic rings. The molecule has 0 radical (unpaired) electrons. The van der Waals surface area contributed by atoms with Crippen molar-refractivity contribution in [1.29, 1.82) is 0 Å². The van der Waals surface area contributed by atoms with Crippen LogP contribution in [0.5, 0.6) is 0 Å². The standard InChI is InChI=1S/C15H10N2O2.C6H11NO/c18-10-16-14-7-3-1-5-12(14)9-13-6-2-4-8-15(13)17-11-19;1-2-3-4-5-7-6-8/h1-8H,9H2;2-5H2,1H3. The number of carbonyl (C=O) groups excluding carboxylic acids is 3. The second kappa shape index (κ2) is 13.8. The summed E-state index contributed by atoms with van der Waals surface area (Å²) in [7, 11) is 0. The molecule has 2 rings (SSSR count). The van der Waals surface area contributed by atoms with Gasteiger partial charge in [-0.15, -0.1) is 0 Å². The Hall–Kier alpha value is -3.42. The molecule has 6 nitrogen and oxygen atoms in total. The second-order valence-electron chi connectivity index (χ2n) is 5.52. The molecule has 0 aliphatic rings. The Balaban J connectivity index is 0.000000387. The average molecular weight is 363 g/mol. The molecule has 138 valence electrons. The maximum atomic E-state index is 10.4. The lowest BCUT2D eigenvalue weighted by molar-refractivity contribution is 0.561. The third kappa shape index (κ3) is 8.48. The highest BCUT2D eigenvalue weighted by Gasteiger charge is 2.05. The van der Waals surface area contributed by atoms with Gasteiger partial charge < -0.3 is 0 Å². The Morgan fingerprint density at radius 2 is 1.26 bits per heavy atom. The monoisotopic (exact) mass is 363 g/mol. The molecule has 0 unspecified atom stereocenters. The zero-order chi connectivity index (χ0) is 19.7. The summed E-state index contributed by atoms with van der Waals surface area (Å²) in [4.78, 5) is 41.0. The van der Waals surface area contributed by atoms with E-state index in [-0.39, 0.29) is 0 Å². The Kier molecular flexibility index (Phi) is 11.1. The molecule has 0 saturated heterocycles. The molecule has 0 saturated carbocycles. The highest BCUT2D eigenvalue weighted by atomic mass is 16.1. The zero-order valence-electron chi connectivity index (χ0n) is 15.2. The highest BCUT2D eigenvalue weighted by Crippen LogP contribution is 2.26. The second-order valence-corrected chi connectivity index (χ2v) is 5.52. The van der Waals surface area contributed by atoms with Crippen molar-refractivity contribution in [2.45, 2.75) is 32.6 Å². The number of hydrogen-bond donors (Lipinski definition) is 0. The van der Waals surface area contributed by atoms with E-state index >= 15 is 0 Å². The van der Waals surface area contributed by atoms with Gasteiger partial charge in [-0.3, -0.25) is 0 Å². The summed E-state index contributed by atoms with van der Waals surface area (Å²) in [5.41, 5.74) is 2.89. The van der Waals surface area contributed by atoms with Crippen LogP contribution in [0.25, 0.3) is 0 Å². The molecule has 0 bridgehead atoms. The minimum absolute atomic E-state index is 0.530. The van der Waals surface area contributed by atoms with Crippen LogP contribution in [0.2, 0.25) is 0 Å². The first-order valence-electron chi connectivity index (χ1n) is 8.62. The van der Waals surface area contributed by atoms with Crippen LogP contribution in [0.3, 0.4) is 0 Å². The molecule has 6 heteroatoms. The van der Waals surface area contributed by atoms with E-state index in [0.717, 1.165) is 24.0 Å². The fourth-order valence-corrected chi connectivity index (χ4v) is 2.33. The summed E-state index contributed by atoms with van der Waals surface area (Å²) in [6.45, 7) is 2.77. The van der Waals surface area contributed by atoms with Gasteiger partial charge >= 0.3 is 0 Å². The van der Waals surface area contributed by atoms with Crippen molar-refractivity contribution >= 4 is 29.6 Å². The molecule has 0 fully saturated rings. The average Bonchev–Trinajstić information content (AvgIpc) is 2.69. The lowest BCUT2D eigenvalue weighted by Gasteiger charge is -2.06. The lowest BCUT2D eigenvalue weighted by Crippen LogP contribution is -1.89. The van der Waals surface area contributed by atoms with Gasteiger partial charge in [0.2, 0.25) is 18.2 Å². The molecule has 0 heterocycles. The lowest BCUT2D eigenvalue weighted by atomic mass is 10.0. The topological polar surface area (TPSA) is 88.3 Å². The Morgan fingerprint density at radius 3 is 1.70 bits per heavy atom. The maximum absolute atomic E-state index is 10.4. The third-order valence-corrected chi connectivity index (χ3v) is 3.63. The van der Waals surface area contributed by atoms with Crippen molar-refractivity contribution in [3.8, 4) is 0 Å². The Bertz CT molecular complexity index is 801. The van der Waals surface area contributed by atoms with E-state index in [4.69, 9.17) is 0 Å². The molecule has 27 heavy (non-hydrogen) atoms. The minimum Gasteiger partial charge on any atom is -0.211 e. The van der Waals surface area contributed by atoms with Gasteiger partial charge in [0.1, 0.15) is 0 Å². The zero-order valence-corrected chi connectivity index (χ0v) is 15.2. The van der Waals surface area contributed by atoms with Crippen molar-refractivity contribution in [3.05, 3.63) is 59.7 Å². The van der Waals surface area contributed by atoms with Gasteiger partial charge in [0, 0.05) is 6.42 Å². The molecule has 0 amide bonds. The van der Waals surface area contributed by atoms with Crippen molar-refractivity contribution < 1.29 is 14.4 Å². The van der Waals surface area contributed by atoms with Crippen molar-refractivity contribution in [2.75, 3.05) is 6.54 Å². The van der Waals surface area contributed by atoms with E-state index in [1.807, 2.05) is 24.3 Å². The van der Waals surface area contributed by atoms with E-state index in [1.165, 1.54) is 24.7 Å². The molecule has 0 aliphatic carbocycles. The first-order chi connectivity index (χ1) is 13.3. The van der Waals surface area contributed by atoms with E-state index < -0.39 is 0 Å². The summed E-state index contributed by atoms with van der Waals surface area (Å²) >= 11 is 0. The fourth-order valence-electron chi connectivity index (χ4n) is 2.33. The summed E-state index contributed by atoms with van der Waals surface area (Å²) in [6, 6.07) is 14.6. The van der Waals surface area contributed by atoms with Crippen LogP contribution < -0.4 is 0 Å². The summed E-state index contributed by atoms with van der Waals surface area (Å²) in [5.74, 6) is 0. The van der Waals surface area contributed by atoms with Crippen LogP contribution in [-0.4, -0.2) is 24.8 Å². The molecule has 2 aromatic carbocycles. The quantitative estimate of drug-likeness (QED) is 0.386. The summed E-state index contributed by atoms with van der Waals surface area (Å²) in [5, 5.41) is 0. The largest absolute Gasteiger partial charge is 0.240 e. The van der Waals surface area contributed by atoms with Crippen molar-refractivity contribution in [3.63, 3.8) is 0 Å². The van der Waals surface area contributed by atoms with Crippen LogP contribution >= 0.6 is 0 Å². The number of benzene rings is 2. The Morgan fingerprint density at radius 1 is 0.741 bits per heavy atom. The number of unbranched alkanes of at least 4 members (excludes halogenated alkanes) is 2. The smallest absolute Gasteiger partial charge is 0.211 e. The summed E-state index contributed by atoms with van der Waals surface area (Å²) < 4.78 is 0. The van der Waals surface area contributed by atoms with Crippen LogP contribution in [-0.2, 0) is 20.8 Å². The third-order valence-electron chi connectivity index (χ3n) is 3.63. The van der Waals surface area contributed by atoms with Gasteiger partial charge in [-0.05, 0) is 29.7 Å². The van der Waals surface area contributed by atoms with Crippen LogP contribution in [0.4, 0.5) is 11.4 Å². The first kappa shape index (κ1) is 21.6. The number of isocyanates is 3.